The zero-order chi connectivity index (χ0) is 13.9. The van der Waals surface area contributed by atoms with E-state index in [9.17, 15) is 5.11 Å². The number of hydrogen-bond donors (Lipinski definition) is 1. The van der Waals surface area contributed by atoms with Crippen molar-refractivity contribution >= 4 is 5.84 Å². The number of likely N-dealkylation sites (N-methyl/N-ethyl adjacent to an activating group) is 1. The molecule has 0 spiro atoms. The number of nitrogens with zero attached hydrogens (tertiary/aromatic N) is 2. The van der Waals surface area contributed by atoms with Crippen molar-refractivity contribution in [3.8, 4) is 0 Å². The third-order valence-electron chi connectivity index (χ3n) is 4.00. The summed E-state index contributed by atoms with van der Waals surface area (Å²) >= 11 is 0. The number of aliphatic imine (C=N–C) groups is 1. The van der Waals surface area contributed by atoms with Gasteiger partial charge in [-0.05, 0) is 19.8 Å². The van der Waals surface area contributed by atoms with Gasteiger partial charge in [0.15, 0.2) is 0 Å². The van der Waals surface area contributed by atoms with Gasteiger partial charge in [-0.15, -0.1) is 0 Å². The summed E-state index contributed by atoms with van der Waals surface area (Å²) in [4.78, 5) is 6.85. The van der Waals surface area contributed by atoms with Crippen LogP contribution in [0.25, 0.3) is 0 Å². The Balaban J connectivity index is 2.00. The Morgan fingerprint density at radius 1 is 1.11 bits per heavy atom. The minimum absolute atomic E-state index is 0.131. The van der Waals surface area contributed by atoms with Crippen molar-refractivity contribution in [2.45, 2.75) is 77.7 Å². The van der Waals surface area contributed by atoms with Crippen molar-refractivity contribution in [3.05, 3.63) is 0 Å². The highest BCUT2D eigenvalue weighted by molar-refractivity contribution is 5.83. The monoisotopic (exact) mass is 268 g/mol. The first kappa shape index (κ1) is 16.5. The van der Waals surface area contributed by atoms with E-state index in [4.69, 9.17) is 0 Å². The number of unbranched alkanes of at least 4 members (excludes halogenated alkanes) is 5. The van der Waals surface area contributed by atoms with Crippen LogP contribution in [0.3, 0.4) is 0 Å². The van der Waals surface area contributed by atoms with Crippen molar-refractivity contribution in [1.29, 1.82) is 0 Å². The van der Waals surface area contributed by atoms with Gasteiger partial charge in [-0.2, -0.15) is 0 Å². The lowest BCUT2D eigenvalue weighted by Crippen LogP contribution is -2.28. The molecule has 1 N–H and O–H groups in total. The van der Waals surface area contributed by atoms with E-state index in [0.717, 1.165) is 38.9 Å². The molecule has 0 amide bonds. The average Bonchev–Trinajstić information content (AvgIpc) is 2.88. The molecule has 0 aliphatic carbocycles. The molecule has 0 aromatic carbocycles. The molecular formula is C16H32N2O. The molecule has 0 saturated carbocycles. The van der Waals surface area contributed by atoms with Crippen molar-refractivity contribution in [2.75, 3.05) is 19.6 Å². The predicted molar refractivity (Wildman–Crippen MR) is 82.8 cm³/mol. The van der Waals surface area contributed by atoms with Gasteiger partial charge in [0.1, 0.15) is 0 Å². The zero-order valence-electron chi connectivity index (χ0n) is 12.9. The predicted octanol–water partition coefficient (Wildman–Crippen LogP) is 3.61. The van der Waals surface area contributed by atoms with Gasteiger partial charge in [0.25, 0.3) is 0 Å². The second-order valence-corrected chi connectivity index (χ2v) is 5.63. The quantitative estimate of drug-likeness (QED) is 0.581. The molecule has 0 saturated heterocycles. The summed E-state index contributed by atoms with van der Waals surface area (Å²) in [5, 5.41) is 10.00. The van der Waals surface area contributed by atoms with E-state index in [1.165, 1.54) is 44.4 Å². The summed E-state index contributed by atoms with van der Waals surface area (Å²) < 4.78 is 0. The summed E-state index contributed by atoms with van der Waals surface area (Å²) in [5.41, 5.74) is 0. The lowest BCUT2D eigenvalue weighted by molar-refractivity contribution is 0.152. The van der Waals surface area contributed by atoms with Crippen molar-refractivity contribution < 1.29 is 5.11 Å². The average molecular weight is 268 g/mol. The van der Waals surface area contributed by atoms with Crippen LogP contribution in [0.5, 0.6) is 0 Å². The Labute approximate surface area is 119 Å². The van der Waals surface area contributed by atoms with Crippen LogP contribution >= 0.6 is 0 Å². The maximum Gasteiger partial charge on any atom is 0.0991 e. The molecule has 1 rings (SSSR count). The van der Waals surface area contributed by atoms with Crippen molar-refractivity contribution in [1.82, 2.24) is 4.90 Å². The van der Waals surface area contributed by atoms with Gasteiger partial charge in [-0.25, -0.2) is 0 Å². The van der Waals surface area contributed by atoms with Crippen molar-refractivity contribution in [3.63, 3.8) is 0 Å². The molecule has 1 aliphatic rings. The SMILES string of the molecule is CCCCCCCCC(O)CCC1=NCCN1CC. The van der Waals surface area contributed by atoms with Crippen LogP contribution in [0, 0.1) is 0 Å². The van der Waals surface area contributed by atoms with E-state index in [1.54, 1.807) is 0 Å². The summed E-state index contributed by atoms with van der Waals surface area (Å²) in [5.74, 6) is 1.21. The molecule has 1 unspecified atom stereocenters. The molecule has 1 aliphatic heterocycles. The van der Waals surface area contributed by atoms with E-state index in [0.29, 0.717) is 0 Å². The molecule has 3 heteroatoms. The third-order valence-corrected chi connectivity index (χ3v) is 4.00. The van der Waals surface area contributed by atoms with Crippen LogP contribution in [0.15, 0.2) is 4.99 Å². The number of amidine groups is 1. The molecule has 0 radical (unpaired) electrons. The third kappa shape index (κ3) is 6.95. The molecule has 1 atom stereocenters. The number of aliphatic hydroxyl groups is 1. The highest BCUT2D eigenvalue weighted by atomic mass is 16.3. The van der Waals surface area contributed by atoms with Crippen LogP contribution in [-0.4, -0.2) is 41.6 Å². The van der Waals surface area contributed by atoms with Crippen LogP contribution in [-0.2, 0) is 0 Å². The summed E-state index contributed by atoms with van der Waals surface area (Å²) in [6.07, 6.45) is 10.5. The second kappa shape index (κ2) is 10.2. The lowest BCUT2D eigenvalue weighted by Gasteiger charge is -2.19. The van der Waals surface area contributed by atoms with Gasteiger partial charge in [-0.1, -0.05) is 45.4 Å². The Bertz CT molecular complexity index is 253. The Morgan fingerprint density at radius 3 is 2.58 bits per heavy atom. The minimum Gasteiger partial charge on any atom is -0.393 e. The van der Waals surface area contributed by atoms with Gasteiger partial charge in [0.05, 0.1) is 18.5 Å². The Kier molecular flexibility index (Phi) is 8.89. The summed E-state index contributed by atoms with van der Waals surface area (Å²) in [7, 11) is 0. The molecule has 3 nitrogen and oxygen atoms in total. The number of rotatable bonds is 11. The fraction of sp³-hybridized carbons (Fsp3) is 0.938. The summed E-state index contributed by atoms with van der Waals surface area (Å²) in [6.45, 7) is 7.48. The standard InChI is InChI=1S/C16H32N2O/c1-3-5-6-7-8-9-10-15(19)11-12-16-17-13-14-18(16)4-2/h15,19H,3-14H2,1-2H3. The van der Waals surface area contributed by atoms with Crippen LogP contribution in [0.2, 0.25) is 0 Å². The maximum atomic E-state index is 10.00. The first-order valence-electron chi connectivity index (χ1n) is 8.24. The largest absolute Gasteiger partial charge is 0.393 e. The first-order valence-corrected chi connectivity index (χ1v) is 8.24. The first-order chi connectivity index (χ1) is 9.27. The molecule has 0 aromatic heterocycles. The molecule has 112 valence electrons. The second-order valence-electron chi connectivity index (χ2n) is 5.63. The van der Waals surface area contributed by atoms with Gasteiger partial charge in [-0.3, -0.25) is 4.99 Å². The Hall–Kier alpha value is -0.570. The molecule has 19 heavy (non-hydrogen) atoms. The van der Waals surface area contributed by atoms with E-state index >= 15 is 0 Å². The highest BCUT2D eigenvalue weighted by Crippen LogP contribution is 2.13. The molecule has 1 heterocycles. The van der Waals surface area contributed by atoms with E-state index in [-0.39, 0.29) is 6.10 Å². The molecular weight excluding hydrogens is 236 g/mol. The van der Waals surface area contributed by atoms with Gasteiger partial charge in [0.2, 0.25) is 0 Å². The van der Waals surface area contributed by atoms with Gasteiger partial charge in [0, 0.05) is 19.5 Å². The zero-order valence-corrected chi connectivity index (χ0v) is 12.9. The number of aliphatic hydroxyl groups excluding tert-OH is 1. The smallest absolute Gasteiger partial charge is 0.0991 e. The number of hydrogen-bond acceptors (Lipinski definition) is 3. The molecule has 0 bridgehead atoms. The van der Waals surface area contributed by atoms with Crippen molar-refractivity contribution in [2.24, 2.45) is 4.99 Å². The van der Waals surface area contributed by atoms with E-state index < -0.39 is 0 Å². The Morgan fingerprint density at radius 2 is 1.84 bits per heavy atom. The summed E-state index contributed by atoms with van der Waals surface area (Å²) in [6, 6.07) is 0. The van der Waals surface area contributed by atoms with Crippen LogP contribution < -0.4 is 0 Å². The fourth-order valence-electron chi connectivity index (χ4n) is 2.71. The highest BCUT2D eigenvalue weighted by Gasteiger charge is 2.15. The van der Waals surface area contributed by atoms with Gasteiger partial charge < -0.3 is 10.0 Å². The normalized spacial score (nSPS) is 16.8. The fourth-order valence-corrected chi connectivity index (χ4v) is 2.71. The van der Waals surface area contributed by atoms with Crippen LogP contribution in [0.4, 0.5) is 0 Å². The lowest BCUT2D eigenvalue weighted by atomic mass is 10.0. The molecule has 0 aromatic rings. The maximum absolute atomic E-state index is 10.00. The van der Waals surface area contributed by atoms with E-state index in [2.05, 4.69) is 23.7 Å². The molecule has 0 fully saturated rings. The van der Waals surface area contributed by atoms with E-state index in [1.807, 2.05) is 0 Å². The van der Waals surface area contributed by atoms with Crippen LogP contribution in [0.1, 0.15) is 71.6 Å². The topological polar surface area (TPSA) is 35.8 Å². The van der Waals surface area contributed by atoms with Gasteiger partial charge >= 0.3 is 0 Å². The minimum atomic E-state index is -0.131.